The highest BCUT2D eigenvalue weighted by Crippen LogP contribution is 2.29. The maximum Gasteiger partial charge on any atom is 0.196 e. The van der Waals surface area contributed by atoms with Gasteiger partial charge < -0.3 is 10.1 Å². The molecule has 7 nitrogen and oxygen atoms in total. The van der Waals surface area contributed by atoms with Gasteiger partial charge in [0.2, 0.25) is 0 Å². The van der Waals surface area contributed by atoms with Crippen molar-refractivity contribution in [3.63, 3.8) is 0 Å². The average molecular weight is 362 g/mol. The van der Waals surface area contributed by atoms with Crippen LogP contribution < -0.4 is 0 Å². The largest absolute Gasteiger partial charge is 0.510 e. The summed E-state index contributed by atoms with van der Waals surface area (Å²) >= 11 is 1.32. The number of hydrogen-bond acceptors (Lipinski definition) is 6. The van der Waals surface area contributed by atoms with Gasteiger partial charge >= 0.3 is 0 Å². The van der Waals surface area contributed by atoms with Gasteiger partial charge in [-0.05, 0) is 31.2 Å². The molecule has 1 unspecified atom stereocenters. The number of hydrogen-bond donors (Lipinski definition) is 2. The zero-order chi connectivity index (χ0) is 18.1. The third-order valence-electron chi connectivity index (χ3n) is 3.94. The smallest absolute Gasteiger partial charge is 0.196 e. The number of nitriles is 1. The van der Waals surface area contributed by atoms with Gasteiger partial charge in [-0.25, -0.2) is 4.98 Å². The third-order valence-corrected chi connectivity index (χ3v) is 5.01. The number of pyridine rings is 1. The molecule has 0 aliphatic carbocycles. The van der Waals surface area contributed by atoms with Crippen LogP contribution in [0.5, 0.6) is 0 Å². The minimum absolute atomic E-state index is 0.0516. The minimum Gasteiger partial charge on any atom is -0.510 e. The molecule has 4 rings (SSSR count). The maximum atomic E-state index is 10.6. The normalized spacial score (nSPS) is 13.5. The Hall–Kier alpha value is -3.31. The Kier molecular flexibility index (Phi) is 4.07. The van der Waals surface area contributed by atoms with Crippen LogP contribution in [0.15, 0.2) is 59.6 Å². The molecule has 26 heavy (non-hydrogen) atoms. The number of para-hydroxylation sites is 2. The fourth-order valence-corrected chi connectivity index (χ4v) is 3.52. The molecule has 0 saturated carbocycles. The lowest BCUT2D eigenvalue weighted by Crippen LogP contribution is -2.06. The van der Waals surface area contributed by atoms with Gasteiger partial charge in [-0.1, -0.05) is 30.0 Å². The van der Waals surface area contributed by atoms with Crippen LogP contribution in [0, 0.1) is 11.3 Å². The molecule has 8 heteroatoms. The molecule has 3 aromatic heterocycles. The van der Waals surface area contributed by atoms with Crippen molar-refractivity contribution in [2.75, 3.05) is 0 Å². The van der Waals surface area contributed by atoms with Gasteiger partial charge in [-0.2, -0.15) is 5.26 Å². The van der Waals surface area contributed by atoms with Crippen molar-refractivity contribution < 1.29 is 5.11 Å². The summed E-state index contributed by atoms with van der Waals surface area (Å²) in [5, 5.41) is 28.7. The standard InChI is InChI=1S/C18H14N6OS/c1-11(26-18-23-22-15-8-4-5-9-24(15)18)16(25)12(10-19)17-20-13-6-2-3-7-14(13)21-17/h2-9,11,25H,1H3,(H,20,21). The highest BCUT2D eigenvalue weighted by atomic mass is 32.2. The number of H-pyrrole nitrogens is 1. The molecule has 0 radical (unpaired) electrons. The van der Waals surface area contributed by atoms with Crippen LogP contribution in [-0.4, -0.2) is 34.9 Å². The first-order valence-corrected chi connectivity index (χ1v) is 8.80. The van der Waals surface area contributed by atoms with Gasteiger partial charge in [0.15, 0.2) is 16.6 Å². The van der Waals surface area contributed by atoms with E-state index in [4.69, 9.17) is 0 Å². The van der Waals surface area contributed by atoms with E-state index in [2.05, 4.69) is 26.2 Å². The van der Waals surface area contributed by atoms with Crippen LogP contribution in [0.4, 0.5) is 0 Å². The molecule has 0 bridgehead atoms. The number of benzene rings is 1. The number of nitrogens with zero attached hydrogens (tertiary/aromatic N) is 5. The van der Waals surface area contributed by atoms with Crippen molar-refractivity contribution >= 4 is 34.0 Å². The topological polar surface area (TPSA) is 103 Å². The number of aromatic nitrogens is 5. The molecule has 128 valence electrons. The van der Waals surface area contributed by atoms with Gasteiger partial charge in [-0.3, -0.25) is 4.40 Å². The Morgan fingerprint density at radius 3 is 2.85 bits per heavy atom. The summed E-state index contributed by atoms with van der Waals surface area (Å²) in [5.74, 6) is 0.300. The Bertz CT molecular complexity index is 1140. The van der Waals surface area contributed by atoms with Crippen LogP contribution in [0.1, 0.15) is 12.7 Å². The summed E-state index contributed by atoms with van der Waals surface area (Å²) in [6.45, 7) is 1.81. The number of aromatic amines is 1. The molecule has 1 atom stereocenters. The third kappa shape index (κ3) is 2.78. The van der Waals surface area contributed by atoms with E-state index in [0.717, 1.165) is 16.7 Å². The van der Waals surface area contributed by atoms with Crippen LogP contribution >= 0.6 is 11.8 Å². The van der Waals surface area contributed by atoms with Gasteiger partial charge in [0.1, 0.15) is 17.4 Å². The maximum absolute atomic E-state index is 10.6. The van der Waals surface area contributed by atoms with Crippen LogP contribution in [0.25, 0.3) is 22.3 Å². The second kappa shape index (κ2) is 6.54. The SMILES string of the molecule is CC(Sc1nnc2ccccn12)C(O)=C(C#N)c1nc2ccccc2[nH]1. The quantitative estimate of drug-likeness (QED) is 0.327. The molecule has 0 fully saturated rings. The molecular weight excluding hydrogens is 348 g/mol. The number of rotatable bonds is 4. The molecule has 4 aromatic rings. The van der Waals surface area contributed by atoms with E-state index < -0.39 is 5.25 Å². The van der Waals surface area contributed by atoms with Crippen molar-refractivity contribution in [2.45, 2.75) is 17.3 Å². The predicted octanol–water partition coefficient (Wildman–Crippen LogP) is 3.58. The van der Waals surface area contributed by atoms with E-state index >= 15 is 0 Å². The molecule has 1 aromatic carbocycles. The summed E-state index contributed by atoms with van der Waals surface area (Å²) in [6.07, 6.45) is 1.86. The van der Waals surface area contributed by atoms with Crippen molar-refractivity contribution in [1.29, 1.82) is 5.26 Å². The van der Waals surface area contributed by atoms with Crippen molar-refractivity contribution in [1.82, 2.24) is 24.6 Å². The summed E-state index contributed by atoms with van der Waals surface area (Å²) in [7, 11) is 0. The van der Waals surface area contributed by atoms with E-state index in [1.807, 2.05) is 60.0 Å². The number of nitrogens with one attached hydrogen (secondary N) is 1. The Morgan fingerprint density at radius 2 is 2.04 bits per heavy atom. The molecule has 0 aliphatic heterocycles. The lowest BCUT2D eigenvalue weighted by atomic mass is 10.2. The second-order valence-corrected chi connectivity index (χ2v) is 6.95. The zero-order valence-electron chi connectivity index (χ0n) is 13.8. The molecule has 0 amide bonds. The van der Waals surface area contributed by atoms with Crippen LogP contribution in [-0.2, 0) is 0 Å². The second-order valence-electron chi connectivity index (χ2n) is 5.65. The van der Waals surface area contributed by atoms with Crippen LogP contribution in [0.3, 0.4) is 0 Å². The predicted molar refractivity (Wildman–Crippen MR) is 99.6 cm³/mol. The number of allylic oxidation sites excluding steroid dienone is 1. The van der Waals surface area contributed by atoms with E-state index in [9.17, 15) is 10.4 Å². The number of aliphatic hydroxyl groups is 1. The highest BCUT2D eigenvalue weighted by Gasteiger charge is 2.21. The molecule has 3 heterocycles. The molecule has 2 N–H and O–H groups in total. The van der Waals surface area contributed by atoms with Crippen molar-refractivity contribution in [3.05, 3.63) is 60.2 Å². The molecule has 0 saturated heterocycles. The molecule has 0 aliphatic rings. The average Bonchev–Trinajstić information content (AvgIpc) is 3.26. The van der Waals surface area contributed by atoms with E-state index in [-0.39, 0.29) is 11.3 Å². The van der Waals surface area contributed by atoms with E-state index in [1.165, 1.54) is 11.8 Å². The van der Waals surface area contributed by atoms with Gasteiger partial charge in [0.05, 0.1) is 16.3 Å². The highest BCUT2D eigenvalue weighted by molar-refractivity contribution is 7.99. The fraction of sp³-hybridized carbons (Fsp3) is 0.111. The first-order valence-electron chi connectivity index (χ1n) is 7.92. The Morgan fingerprint density at radius 1 is 1.23 bits per heavy atom. The van der Waals surface area contributed by atoms with Crippen molar-refractivity contribution in [3.8, 4) is 6.07 Å². The lowest BCUT2D eigenvalue weighted by molar-refractivity contribution is 0.401. The molecule has 0 spiro atoms. The summed E-state index contributed by atoms with van der Waals surface area (Å²) in [6, 6.07) is 15.2. The summed E-state index contributed by atoms with van der Waals surface area (Å²) in [5.41, 5.74) is 2.40. The molecular formula is C18H14N6OS. The number of imidazole rings is 1. The Labute approximate surface area is 153 Å². The number of aliphatic hydroxyl groups excluding tert-OH is 1. The van der Waals surface area contributed by atoms with E-state index in [1.54, 1.807) is 0 Å². The monoisotopic (exact) mass is 362 g/mol. The first-order chi connectivity index (χ1) is 12.7. The van der Waals surface area contributed by atoms with Gasteiger partial charge in [0.25, 0.3) is 0 Å². The van der Waals surface area contributed by atoms with Gasteiger partial charge in [-0.15, -0.1) is 10.2 Å². The van der Waals surface area contributed by atoms with E-state index in [0.29, 0.717) is 11.0 Å². The number of thioether (sulfide) groups is 1. The van der Waals surface area contributed by atoms with Crippen molar-refractivity contribution in [2.24, 2.45) is 0 Å². The van der Waals surface area contributed by atoms with Gasteiger partial charge in [0, 0.05) is 6.20 Å². The lowest BCUT2D eigenvalue weighted by Gasteiger charge is -2.10. The number of fused-ring (bicyclic) bond motifs is 2. The summed E-state index contributed by atoms with van der Waals surface area (Å²) < 4.78 is 1.84. The zero-order valence-corrected chi connectivity index (χ0v) is 14.6. The fourth-order valence-electron chi connectivity index (χ4n) is 2.62. The van der Waals surface area contributed by atoms with Crippen LogP contribution in [0.2, 0.25) is 0 Å². The Balaban J connectivity index is 1.68. The summed E-state index contributed by atoms with van der Waals surface area (Å²) in [4.78, 5) is 7.47. The first kappa shape index (κ1) is 16.2. The minimum atomic E-state index is -0.398.